The summed E-state index contributed by atoms with van der Waals surface area (Å²) in [4.78, 5) is 16.6. The van der Waals surface area contributed by atoms with E-state index in [4.69, 9.17) is 14.2 Å². The Kier molecular flexibility index (Phi) is 7.06. The highest BCUT2D eigenvalue weighted by atomic mass is 32.2. The van der Waals surface area contributed by atoms with E-state index >= 15 is 0 Å². The average Bonchev–Trinajstić information content (AvgIpc) is 2.84. The maximum Gasteiger partial charge on any atom is 0.243 e. The van der Waals surface area contributed by atoms with Gasteiger partial charge in [0.2, 0.25) is 15.9 Å². The zero-order valence-electron chi connectivity index (χ0n) is 18.9. The van der Waals surface area contributed by atoms with E-state index in [1.807, 2.05) is 29.2 Å². The number of hydrogen-bond acceptors (Lipinski definition) is 7. The predicted molar refractivity (Wildman–Crippen MR) is 122 cm³/mol. The molecule has 2 aliphatic heterocycles. The van der Waals surface area contributed by atoms with Gasteiger partial charge in [0.25, 0.3) is 0 Å². The molecule has 0 N–H and O–H groups in total. The van der Waals surface area contributed by atoms with E-state index in [0.717, 1.165) is 11.3 Å². The molecule has 2 aromatic carbocycles. The molecule has 2 aliphatic rings. The van der Waals surface area contributed by atoms with E-state index in [-0.39, 0.29) is 17.3 Å². The van der Waals surface area contributed by atoms with Gasteiger partial charge in [0.05, 0.1) is 18.6 Å². The Bertz CT molecular complexity index is 1100. The predicted octanol–water partition coefficient (Wildman–Crippen LogP) is 1.43. The van der Waals surface area contributed by atoms with Gasteiger partial charge in [0.15, 0.2) is 11.5 Å². The standard InChI is InChI=1S/C23H29N3O6S/c1-24(16-18-4-3-5-19(14-18)30-2)23(27)17-25-8-10-26(11-9-25)33(28,29)20-6-7-21-22(15-20)32-13-12-31-21/h3-7,14-15H,8-13,16-17H2,1-2H3. The second kappa shape index (κ2) is 9.98. The lowest BCUT2D eigenvalue weighted by Gasteiger charge is -2.34. The molecule has 2 heterocycles. The van der Waals surface area contributed by atoms with Gasteiger partial charge >= 0.3 is 0 Å². The van der Waals surface area contributed by atoms with Crippen molar-refractivity contribution in [3.05, 3.63) is 48.0 Å². The quantitative estimate of drug-likeness (QED) is 0.599. The van der Waals surface area contributed by atoms with Crippen molar-refractivity contribution in [2.24, 2.45) is 0 Å². The number of sulfonamides is 1. The van der Waals surface area contributed by atoms with Crippen LogP contribution in [0.25, 0.3) is 0 Å². The van der Waals surface area contributed by atoms with Crippen LogP contribution in [0.1, 0.15) is 5.56 Å². The molecule has 1 saturated heterocycles. The number of nitrogens with zero attached hydrogens (tertiary/aromatic N) is 3. The van der Waals surface area contributed by atoms with E-state index in [9.17, 15) is 13.2 Å². The molecule has 33 heavy (non-hydrogen) atoms. The van der Waals surface area contributed by atoms with Gasteiger partial charge in [-0.05, 0) is 29.8 Å². The number of hydrogen-bond donors (Lipinski definition) is 0. The summed E-state index contributed by atoms with van der Waals surface area (Å²) in [6.45, 7) is 3.20. The zero-order chi connectivity index (χ0) is 23.4. The Balaban J connectivity index is 1.31. The summed E-state index contributed by atoms with van der Waals surface area (Å²) >= 11 is 0. The minimum atomic E-state index is -3.65. The van der Waals surface area contributed by atoms with Gasteiger partial charge in [0.1, 0.15) is 19.0 Å². The average molecular weight is 476 g/mol. The highest BCUT2D eigenvalue weighted by molar-refractivity contribution is 7.89. The Morgan fingerprint density at radius 2 is 1.76 bits per heavy atom. The number of methoxy groups -OCH3 is 1. The molecule has 0 unspecified atom stereocenters. The highest BCUT2D eigenvalue weighted by Gasteiger charge is 2.30. The van der Waals surface area contributed by atoms with Crippen LogP contribution in [0.15, 0.2) is 47.4 Å². The Hall–Kier alpha value is -2.82. The Morgan fingerprint density at radius 1 is 1.03 bits per heavy atom. The van der Waals surface area contributed by atoms with Crippen molar-refractivity contribution in [3.8, 4) is 17.2 Å². The van der Waals surface area contributed by atoms with Crippen molar-refractivity contribution < 1.29 is 27.4 Å². The van der Waals surface area contributed by atoms with Crippen LogP contribution < -0.4 is 14.2 Å². The molecule has 0 saturated carbocycles. The summed E-state index contributed by atoms with van der Waals surface area (Å²) in [6, 6.07) is 12.3. The first-order chi connectivity index (χ1) is 15.9. The molecule has 2 aromatic rings. The molecule has 1 fully saturated rings. The third-order valence-electron chi connectivity index (χ3n) is 5.82. The fourth-order valence-corrected chi connectivity index (χ4v) is 5.34. The van der Waals surface area contributed by atoms with Crippen LogP contribution in [0.5, 0.6) is 17.2 Å². The molecule has 0 bridgehead atoms. The van der Waals surface area contributed by atoms with Gasteiger partial charge in [-0.15, -0.1) is 0 Å². The summed E-state index contributed by atoms with van der Waals surface area (Å²) in [6.07, 6.45) is 0. The van der Waals surface area contributed by atoms with Crippen LogP contribution in [0.2, 0.25) is 0 Å². The SMILES string of the molecule is COc1cccc(CN(C)C(=O)CN2CCN(S(=O)(=O)c3ccc4c(c3)OCCO4)CC2)c1. The molecule has 4 rings (SSSR count). The summed E-state index contributed by atoms with van der Waals surface area (Å²) in [5.41, 5.74) is 0.987. The molecular formula is C23H29N3O6S. The van der Waals surface area contributed by atoms with Gasteiger partial charge in [-0.3, -0.25) is 9.69 Å². The monoisotopic (exact) mass is 475 g/mol. The van der Waals surface area contributed by atoms with Crippen molar-refractivity contribution in [2.75, 3.05) is 60.1 Å². The number of rotatable bonds is 7. The molecule has 1 amide bonds. The number of ether oxygens (including phenoxy) is 3. The van der Waals surface area contributed by atoms with Crippen molar-refractivity contribution in [2.45, 2.75) is 11.4 Å². The molecular weight excluding hydrogens is 446 g/mol. The van der Waals surface area contributed by atoms with E-state index in [1.165, 1.54) is 10.4 Å². The van der Waals surface area contributed by atoms with Crippen LogP contribution in [-0.2, 0) is 21.4 Å². The van der Waals surface area contributed by atoms with Crippen LogP contribution in [0, 0.1) is 0 Å². The number of piperazine rings is 1. The van der Waals surface area contributed by atoms with E-state index in [2.05, 4.69) is 0 Å². The molecule has 9 nitrogen and oxygen atoms in total. The van der Waals surface area contributed by atoms with Gasteiger partial charge in [0, 0.05) is 45.8 Å². The van der Waals surface area contributed by atoms with Crippen LogP contribution in [0.3, 0.4) is 0 Å². The molecule has 0 aromatic heterocycles. The van der Waals surface area contributed by atoms with E-state index < -0.39 is 10.0 Å². The normalized spacial score (nSPS) is 16.9. The molecule has 10 heteroatoms. The topological polar surface area (TPSA) is 88.6 Å². The summed E-state index contributed by atoms with van der Waals surface area (Å²) in [5.74, 6) is 1.75. The first-order valence-corrected chi connectivity index (χ1v) is 12.3. The minimum absolute atomic E-state index is 0.0130. The molecule has 0 aliphatic carbocycles. The first kappa shape index (κ1) is 23.3. The third kappa shape index (κ3) is 5.40. The lowest BCUT2D eigenvalue weighted by atomic mass is 10.2. The lowest BCUT2D eigenvalue weighted by Crippen LogP contribution is -2.51. The largest absolute Gasteiger partial charge is 0.497 e. The third-order valence-corrected chi connectivity index (χ3v) is 7.72. The van der Waals surface area contributed by atoms with E-state index in [1.54, 1.807) is 31.2 Å². The van der Waals surface area contributed by atoms with Crippen LogP contribution >= 0.6 is 0 Å². The van der Waals surface area contributed by atoms with Crippen LogP contribution in [-0.4, -0.2) is 88.5 Å². The summed E-state index contributed by atoms with van der Waals surface area (Å²) < 4.78 is 43.9. The number of fused-ring (bicyclic) bond motifs is 1. The fourth-order valence-electron chi connectivity index (χ4n) is 3.91. The Morgan fingerprint density at radius 3 is 2.48 bits per heavy atom. The van der Waals surface area contributed by atoms with Gasteiger partial charge in [-0.2, -0.15) is 4.31 Å². The van der Waals surface area contributed by atoms with Crippen molar-refractivity contribution in [1.29, 1.82) is 0 Å². The highest BCUT2D eigenvalue weighted by Crippen LogP contribution is 2.33. The minimum Gasteiger partial charge on any atom is -0.497 e. The fraction of sp³-hybridized carbons (Fsp3) is 0.435. The van der Waals surface area contributed by atoms with Gasteiger partial charge < -0.3 is 19.1 Å². The second-order valence-electron chi connectivity index (χ2n) is 8.09. The Labute approximate surface area is 194 Å². The summed E-state index contributed by atoms with van der Waals surface area (Å²) in [5, 5.41) is 0. The molecule has 0 atom stereocenters. The second-order valence-corrected chi connectivity index (χ2v) is 10.0. The van der Waals surface area contributed by atoms with E-state index in [0.29, 0.717) is 57.4 Å². The van der Waals surface area contributed by atoms with Crippen molar-refractivity contribution >= 4 is 15.9 Å². The van der Waals surface area contributed by atoms with Crippen molar-refractivity contribution in [1.82, 2.24) is 14.1 Å². The van der Waals surface area contributed by atoms with Gasteiger partial charge in [-0.25, -0.2) is 8.42 Å². The number of amides is 1. The maximum absolute atomic E-state index is 13.1. The van der Waals surface area contributed by atoms with Crippen molar-refractivity contribution in [3.63, 3.8) is 0 Å². The number of likely N-dealkylation sites (N-methyl/N-ethyl adjacent to an activating group) is 1. The lowest BCUT2D eigenvalue weighted by molar-refractivity contribution is -0.131. The number of carbonyl (C=O) groups excluding carboxylic acids is 1. The van der Waals surface area contributed by atoms with Gasteiger partial charge in [-0.1, -0.05) is 12.1 Å². The molecule has 0 spiro atoms. The molecule has 178 valence electrons. The zero-order valence-corrected chi connectivity index (χ0v) is 19.7. The van der Waals surface area contributed by atoms with Crippen LogP contribution in [0.4, 0.5) is 0 Å². The maximum atomic E-state index is 13.1. The number of carbonyl (C=O) groups is 1. The smallest absolute Gasteiger partial charge is 0.243 e. The first-order valence-electron chi connectivity index (χ1n) is 10.9. The number of benzene rings is 2. The summed E-state index contributed by atoms with van der Waals surface area (Å²) in [7, 11) is -0.266. The molecule has 0 radical (unpaired) electrons.